The van der Waals surface area contributed by atoms with Crippen LogP contribution < -0.4 is 11.1 Å². The minimum atomic E-state index is -0.0155. The molecule has 1 aliphatic heterocycles. The summed E-state index contributed by atoms with van der Waals surface area (Å²) in [6, 6.07) is 6.94. The van der Waals surface area contributed by atoms with Gasteiger partial charge in [0, 0.05) is 44.0 Å². The monoisotopic (exact) mass is 302 g/mol. The number of amides is 2. The van der Waals surface area contributed by atoms with E-state index in [1.165, 1.54) is 0 Å². The lowest BCUT2D eigenvalue weighted by molar-refractivity contribution is -0.122. The lowest BCUT2D eigenvalue weighted by atomic mass is 10.1. The SMILES string of the molecule is C=CCNC(=O)CN1CCN(C(=O)c2ccc(N)cc2)CC1. The van der Waals surface area contributed by atoms with E-state index in [0.29, 0.717) is 50.5 Å². The average molecular weight is 302 g/mol. The van der Waals surface area contributed by atoms with Gasteiger partial charge in [-0.25, -0.2) is 0 Å². The van der Waals surface area contributed by atoms with Gasteiger partial charge in [-0.2, -0.15) is 0 Å². The number of carbonyl (C=O) groups is 2. The lowest BCUT2D eigenvalue weighted by Crippen LogP contribution is -2.51. The summed E-state index contributed by atoms with van der Waals surface area (Å²) in [7, 11) is 0. The Hall–Kier alpha value is -2.34. The van der Waals surface area contributed by atoms with Crippen LogP contribution in [0.25, 0.3) is 0 Å². The Morgan fingerprint density at radius 1 is 1.18 bits per heavy atom. The first kappa shape index (κ1) is 16.0. The number of nitrogen functional groups attached to an aromatic ring is 1. The van der Waals surface area contributed by atoms with Crippen LogP contribution in [0.3, 0.4) is 0 Å². The standard InChI is InChI=1S/C16H22N4O2/c1-2-7-18-15(21)12-19-8-10-20(11-9-19)16(22)13-3-5-14(17)6-4-13/h2-6H,1,7-12,17H2,(H,18,21). The van der Waals surface area contributed by atoms with Crippen LogP contribution in [-0.4, -0.2) is 60.9 Å². The van der Waals surface area contributed by atoms with Crippen LogP contribution >= 0.6 is 0 Å². The fraction of sp³-hybridized carbons (Fsp3) is 0.375. The van der Waals surface area contributed by atoms with Gasteiger partial charge < -0.3 is 16.0 Å². The highest BCUT2D eigenvalue weighted by molar-refractivity contribution is 5.94. The largest absolute Gasteiger partial charge is 0.399 e. The van der Waals surface area contributed by atoms with E-state index in [-0.39, 0.29) is 11.8 Å². The molecule has 1 saturated heterocycles. The molecule has 0 atom stereocenters. The van der Waals surface area contributed by atoms with Gasteiger partial charge in [0.05, 0.1) is 6.54 Å². The van der Waals surface area contributed by atoms with E-state index in [9.17, 15) is 9.59 Å². The molecule has 2 amide bonds. The van der Waals surface area contributed by atoms with Crippen LogP contribution in [0.4, 0.5) is 5.69 Å². The summed E-state index contributed by atoms with van der Waals surface area (Å²) in [5.41, 5.74) is 6.92. The Kier molecular flexibility index (Phi) is 5.55. The van der Waals surface area contributed by atoms with E-state index < -0.39 is 0 Å². The molecule has 2 rings (SSSR count). The van der Waals surface area contributed by atoms with Crippen molar-refractivity contribution in [1.82, 2.24) is 15.1 Å². The molecule has 1 fully saturated rings. The zero-order valence-corrected chi connectivity index (χ0v) is 12.6. The van der Waals surface area contributed by atoms with Crippen molar-refractivity contribution in [1.29, 1.82) is 0 Å². The number of rotatable bonds is 5. The molecule has 1 heterocycles. The second-order valence-electron chi connectivity index (χ2n) is 5.28. The number of carbonyl (C=O) groups excluding carboxylic acids is 2. The molecule has 118 valence electrons. The van der Waals surface area contributed by atoms with Gasteiger partial charge >= 0.3 is 0 Å². The third kappa shape index (κ3) is 4.33. The highest BCUT2D eigenvalue weighted by Gasteiger charge is 2.23. The third-order valence-corrected chi connectivity index (χ3v) is 3.63. The van der Waals surface area contributed by atoms with Crippen molar-refractivity contribution in [3.63, 3.8) is 0 Å². The maximum Gasteiger partial charge on any atom is 0.253 e. The van der Waals surface area contributed by atoms with Gasteiger partial charge in [0.1, 0.15) is 0 Å². The normalized spacial score (nSPS) is 15.4. The Bertz CT molecular complexity index is 534. The predicted octanol–water partition coefficient (Wildman–Crippen LogP) is 0.329. The summed E-state index contributed by atoms with van der Waals surface area (Å²) in [4.78, 5) is 27.9. The highest BCUT2D eigenvalue weighted by Crippen LogP contribution is 2.11. The first-order chi connectivity index (χ1) is 10.6. The molecule has 0 aromatic heterocycles. The molecule has 3 N–H and O–H groups in total. The number of hydrogen-bond donors (Lipinski definition) is 2. The predicted molar refractivity (Wildman–Crippen MR) is 86.4 cm³/mol. The Morgan fingerprint density at radius 2 is 1.82 bits per heavy atom. The van der Waals surface area contributed by atoms with Gasteiger partial charge in [-0.3, -0.25) is 14.5 Å². The van der Waals surface area contributed by atoms with Gasteiger partial charge in [0.2, 0.25) is 5.91 Å². The van der Waals surface area contributed by atoms with Crippen LogP contribution in [0, 0.1) is 0 Å². The van der Waals surface area contributed by atoms with E-state index in [4.69, 9.17) is 5.73 Å². The number of nitrogens with one attached hydrogen (secondary N) is 1. The molecule has 0 aliphatic carbocycles. The quantitative estimate of drug-likeness (QED) is 0.607. The van der Waals surface area contributed by atoms with Crippen LogP contribution in [0.15, 0.2) is 36.9 Å². The van der Waals surface area contributed by atoms with Crippen molar-refractivity contribution >= 4 is 17.5 Å². The molecule has 6 heteroatoms. The number of benzene rings is 1. The van der Waals surface area contributed by atoms with Gasteiger partial charge in [0.15, 0.2) is 0 Å². The molecular weight excluding hydrogens is 280 g/mol. The summed E-state index contributed by atoms with van der Waals surface area (Å²) in [6.45, 7) is 7.04. The Balaban J connectivity index is 1.81. The van der Waals surface area contributed by atoms with E-state index in [1.54, 1.807) is 30.3 Å². The zero-order valence-electron chi connectivity index (χ0n) is 12.6. The minimum Gasteiger partial charge on any atom is -0.399 e. The van der Waals surface area contributed by atoms with Gasteiger partial charge in [0.25, 0.3) is 5.91 Å². The van der Waals surface area contributed by atoms with Crippen molar-refractivity contribution in [3.05, 3.63) is 42.5 Å². The Morgan fingerprint density at radius 3 is 2.41 bits per heavy atom. The lowest BCUT2D eigenvalue weighted by Gasteiger charge is -2.34. The fourth-order valence-electron chi connectivity index (χ4n) is 2.36. The van der Waals surface area contributed by atoms with Gasteiger partial charge in [-0.05, 0) is 24.3 Å². The number of hydrogen-bond acceptors (Lipinski definition) is 4. The molecule has 0 spiro atoms. The number of anilines is 1. The molecule has 1 aromatic carbocycles. The van der Waals surface area contributed by atoms with Crippen molar-refractivity contribution in [2.24, 2.45) is 0 Å². The molecule has 22 heavy (non-hydrogen) atoms. The van der Waals surface area contributed by atoms with Crippen LogP contribution in [0.2, 0.25) is 0 Å². The molecule has 1 aliphatic rings. The van der Waals surface area contributed by atoms with E-state index >= 15 is 0 Å². The molecule has 0 bridgehead atoms. The van der Waals surface area contributed by atoms with Crippen LogP contribution in [-0.2, 0) is 4.79 Å². The molecule has 6 nitrogen and oxygen atoms in total. The van der Waals surface area contributed by atoms with E-state index in [1.807, 2.05) is 9.80 Å². The van der Waals surface area contributed by atoms with Crippen molar-refractivity contribution in [2.75, 3.05) is 45.0 Å². The van der Waals surface area contributed by atoms with Crippen LogP contribution in [0.1, 0.15) is 10.4 Å². The van der Waals surface area contributed by atoms with Gasteiger partial charge in [-0.1, -0.05) is 6.08 Å². The maximum atomic E-state index is 12.4. The molecular formula is C16H22N4O2. The van der Waals surface area contributed by atoms with Crippen molar-refractivity contribution in [3.8, 4) is 0 Å². The number of piperazine rings is 1. The van der Waals surface area contributed by atoms with Crippen molar-refractivity contribution < 1.29 is 9.59 Å². The van der Waals surface area contributed by atoms with E-state index in [0.717, 1.165) is 0 Å². The summed E-state index contributed by atoms with van der Waals surface area (Å²) in [5.74, 6) is -0.00558. The molecule has 0 saturated carbocycles. The number of nitrogens with zero attached hydrogens (tertiary/aromatic N) is 2. The molecule has 1 aromatic rings. The van der Waals surface area contributed by atoms with E-state index in [2.05, 4.69) is 11.9 Å². The second-order valence-corrected chi connectivity index (χ2v) is 5.28. The summed E-state index contributed by atoms with van der Waals surface area (Å²) in [6.07, 6.45) is 1.65. The summed E-state index contributed by atoms with van der Waals surface area (Å²) < 4.78 is 0. The molecule has 0 unspecified atom stereocenters. The Labute approximate surface area is 130 Å². The summed E-state index contributed by atoms with van der Waals surface area (Å²) in [5, 5.41) is 2.75. The molecule has 0 radical (unpaired) electrons. The zero-order chi connectivity index (χ0) is 15.9. The highest BCUT2D eigenvalue weighted by atomic mass is 16.2. The smallest absolute Gasteiger partial charge is 0.253 e. The topological polar surface area (TPSA) is 78.7 Å². The van der Waals surface area contributed by atoms with Crippen LogP contribution in [0.5, 0.6) is 0 Å². The van der Waals surface area contributed by atoms with Gasteiger partial charge in [-0.15, -0.1) is 6.58 Å². The third-order valence-electron chi connectivity index (χ3n) is 3.63. The first-order valence-electron chi connectivity index (χ1n) is 7.35. The maximum absolute atomic E-state index is 12.4. The second kappa shape index (κ2) is 7.61. The average Bonchev–Trinajstić information content (AvgIpc) is 2.54. The minimum absolute atomic E-state index is 0.00996. The fourth-order valence-corrected chi connectivity index (χ4v) is 2.36. The first-order valence-corrected chi connectivity index (χ1v) is 7.35. The summed E-state index contributed by atoms with van der Waals surface area (Å²) >= 11 is 0. The number of nitrogens with two attached hydrogens (primary N) is 1. The van der Waals surface area contributed by atoms with Crippen molar-refractivity contribution in [2.45, 2.75) is 0 Å².